The molecule has 0 fully saturated rings. The normalized spacial score (nSPS) is 12.5. The number of rotatable bonds is 68. The summed E-state index contributed by atoms with van der Waals surface area (Å²) in [5, 5.41) is 23.4. The molecule has 0 aromatic carbocycles. The summed E-state index contributed by atoms with van der Waals surface area (Å²) >= 11 is 0. The van der Waals surface area contributed by atoms with Crippen molar-refractivity contribution < 1.29 is 24.5 Å². The highest BCUT2D eigenvalue weighted by molar-refractivity contribution is 5.76. The first-order valence-electron chi connectivity index (χ1n) is 35.9. The van der Waals surface area contributed by atoms with Crippen molar-refractivity contribution in [3.63, 3.8) is 0 Å². The maximum atomic E-state index is 12.5. The number of aliphatic hydroxyl groups is 2. The summed E-state index contributed by atoms with van der Waals surface area (Å²) in [6.45, 7) is 5.00. The Labute approximate surface area is 489 Å². The predicted octanol–water partition coefficient (Wildman–Crippen LogP) is 23.1. The number of hydrogen-bond donors (Lipinski definition) is 3. The van der Waals surface area contributed by atoms with E-state index in [4.69, 9.17) is 4.74 Å². The van der Waals surface area contributed by atoms with E-state index in [0.29, 0.717) is 25.9 Å². The van der Waals surface area contributed by atoms with E-state index in [2.05, 4.69) is 31.3 Å². The van der Waals surface area contributed by atoms with Crippen molar-refractivity contribution in [1.29, 1.82) is 0 Å². The molecule has 0 heterocycles. The molecule has 0 spiro atoms. The zero-order chi connectivity index (χ0) is 56.4. The van der Waals surface area contributed by atoms with Crippen LogP contribution in [0, 0.1) is 0 Å². The SMILES string of the molecule is CCCCCCCCCCCCCCCCCCCCCCC(O)C(CO)NC(=O)CCCCCCCCCC/C=C\CCCCCCCCCCCCCCOC(=O)CCCCCCCCCCCCCCCCCCC. The molecule has 464 valence electrons. The molecular formula is C72H141NO5. The van der Waals surface area contributed by atoms with Crippen LogP contribution in [-0.2, 0) is 14.3 Å². The van der Waals surface area contributed by atoms with Crippen LogP contribution in [-0.4, -0.2) is 47.4 Å². The molecule has 6 heteroatoms. The second-order valence-corrected chi connectivity index (χ2v) is 24.9. The third-order valence-electron chi connectivity index (χ3n) is 17.1. The fraction of sp³-hybridized carbons (Fsp3) is 0.944. The lowest BCUT2D eigenvalue weighted by molar-refractivity contribution is -0.143. The molecule has 0 aromatic rings. The van der Waals surface area contributed by atoms with Crippen LogP contribution >= 0.6 is 0 Å². The third-order valence-corrected chi connectivity index (χ3v) is 17.1. The van der Waals surface area contributed by atoms with Gasteiger partial charge in [-0.3, -0.25) is 9.59 Å². The van der Waals surface area contributed by atoms with Crippen molar-refractivity contribution in [1.82, 2.24) is 5.32 Å². The largest absolute Gasteiger partial charge is 0.466 e. The molecule has 0 aromatic heterocycles. The van der Waals surface area contributed by atoms with Crippen LogP contribution in [0.15, 0.2) is 12.2 Å². The minimum absolute atomic E-state index is 0.0177. The second-order valence-electron chi connectivity index (χ2n) is 24.9. The van der Waals surface area contributed by atoms with Gasteiger partial charge in [0.15, 0.2) is 0 Å². The number of amides is 1. The summed E-state index contributed by atoms with van der Waals surface area (Å²) < 4.78 is 5.51. The van der Waals surface area contributed by atoms with Gasteiger partial charge in [-0.15, -0.1) is 0 Å². The van der Waals surface area contributed by atoms with Gasteiger partial charge in [-0.1, -0.05) is 360 Å². The molecule has 2 unspecified atom stereocenters. The zero-order valence-corrected chi connectivity index (χ0v) is 53.2. The first kappa shape index (κ1) is 76.6. The molecule has 0 bridgehead atoms. The molecule has 6 nitrogen and oxygen atoms in total. The second kappa shape index (κ2) is 68.1. The minimum atomic E-state index is -0.667. The maximum Gasteiger partial charge on any atom is 0.305 e. The highest BCUT2D eigenvalue weighted by Crippen LogP contribution is 2.19. The maximum absolute atomic E-state index is 12.5. The van der Waals surface area contributed by atoms with Gasteiger partial charge in [-0.2, -0.15) is 0 Å². The van der Waals surface area contributed by atoms with Gasteiger partial charge >= 0.3 is 5.97 Å². The summed E-state index contributed by atoms with van der Waals surface area (Å²) in [6.07, 6.45) is 84.0. The number of hydrogen-bond acceptors (Lipinski definition) is 5. The molecular weight excluding hydrogens is 959 g/mol. The molecule has 1 amide bonds. The van der Waals surface area contributed by atoms with Gasteiger partial charge in [-0.05, 0) is 51.4 Å². The molecule has 0 saturated heterocycles. The molecule has 0 aliphatic carbocycles. The van der Waals surface area contributed by atoms with Crippen LogP contribution < -0.4 is 5.32 Å². The van der Waals surface area contributed by atoms with Crippen LogP contribution in [0.2, 0.25) is 0 Å². The molecule has 2 atom stereocenters. The van der Waals surface area contributed by atoms with E-state index in [1.165, 1.54) is 340 Å². The number of unbranched alkanes of at least 4 members (excludes halogenated alkanes) is 55. The molecule has 0 radical (unpaired) electrons. The number of aliphatic hydroxyl groups excluding tert-OH is 2. The Hall–Kier alpha value is -1.40. The van der Waals surface area contributed by atoms with Gasteiger partial charge in [0.05, 0.1) is 25.4 Å². The fourth-order valence-corrected chi connectivity index (χ4v) is 11.6. The monoisotopic (exact) mass is 1100 g/mol. The summed E-state index contributed by atoms with van der Waals surface area (Å²) in [5.74, 6) is -0.0171. The molecule has 3 N–H and O–H groups in total. The summed E-state index contributed by atoms with van der Waals surface area (Å²) in [5.41, 5.74) is 0. The lowest BCUT2D eigenvalue weighted by Gasteiger charge is -2.22. The van der Waals surface area contributed by atoms with Crippen molar-refractivity contribution in [2.75, 3.05) is 13.2 Å². The predicted molar refractivity (Wildman–Crippen MR) is 343 cm³/mol. The van der Waals surface area contributed by atoms with E-state index in [1.807, 2.05) is 0 Å². The fourth-order valence-electron chi connectivity index (χ4n) is 11.6. The Morgan fingerprint density at radius 2 is 0.603 bits per heavy atom. The van der Waals surface area contributed by atoms with Gasteiger partial charge in [0.2, 0.25) is 5.91 Å². The smallest absolute Gasteiger partial charge is 0.305 e. The van der Waals surface area contributed by atoms with Crippen molar-refractivity contribution in [2.24, 2.45) is 0 Å². The van der Waals surface area contributed by atoms with E-state index in [-0.39, 0.29) is 18.5 Å². The Morgan fingerprint density at radius 1 is 0.346 bits per heavy atom. The third kappa shape index (κ3) is 63.8. The molecule has 0 rings (SSSR count). The van der Waals surface area contributed by atoms with E-state index in [1.54, 1.807) is 0 Å². The molecule has 0 saturated carbocycles. The van der Waals surface area contributed by atoms with Crippen molar-refractivity contribution in [3.05, 3.63) is 12.2 Å². The first-order chi connectivity index (χ1) is 38.5. The molecule has 0 aliphatic rings. The van der Waals surface area contributed by atoms with E-state index in [9.17, 15) is 19.8 Å². The number of carbonyl (C=O) groups excluding carboxylic acids is 2. The first-order valence-corrected chi connectivity index (χ1v) is 35.9. The van der Waals surface area contributed by atoms with Gasteiger partial charge in [0, 0.05) is 12.8 Å². The Kier molecular flexibility index (Phi) is 66.9. The Bertz CT molecular complexity index is 1180. The summed E-state index contributed by atoms with van der Waals surface area (Å²) in [7, 11) is 0. The number of carbonyl (C=O) groups is 2. The average molecular weight is 1100 g/mol. The quantitative estimate of drug-likeness (QED) is 0.0320. The Morgan fingerprint density at radius 3 is 0.910 bits per heavy atom. The number of ether oxygens (including phenoxy) is 1. The van der Waals surface area contributed by atoms with Gasteiger partial charge in [-0.25, -0.2) is 0 Å². The highest BCUT2D eigenvalue weighted by atomic mass is 16.5. The van der Waals surface area contributed by atoms with Crippen molar-refractivity contribution in [3.8, 4) is 0 Å². The average Bonchev–Trinajstić information content (AvgIpc) is 3.44. The zero-order valence-electron chi connectivity index (χ0n) is 53.2. The van der Waals surface area contributed by atoms with E-state index >= 15 is 0 Å². The van der Waals surface area contributed by atoms with Crippen molar-refractivity contribution >= 4 is 11.9 Å². The van der Waals surface area contributed by atoms with Crippen LogP contribution in [0.25, 0.3) is 0 Å². The summed E-state index contributed by atoms with van der Waals surface area (Å²) in [4.78, 5) is 24.6. The van der Waals surface area contributed by atoms with Gasteiger partial charge in [0.25, 0.3) is 0 Å². The summed E-state index contributed by atoms with van der Waals surface area (Å²) in [6, 6.07) is -0.545. The standard InChI is InChI=1S/C72H141NO5/c1-3-5-7-9-11-13-15-17-19-21-22-29-33-36-40-44-48-52-56-60-64-70(75)69(68-74)73-71(76)65-61-57-53-49-45-41-37-34-30-27-25-23-24-26-28-31-35-39-43-47-51-55-59-63-67-78-72(77)66-62-58-54-50-46-42-38-32-20-18-16-14-12-10-8-6-4-2/h25,27,69-70,74-75H,3-24,26,28-68H2,1-2H3,(H,73,76)/b27-25-. The van der Waals surface area contributed by atoms with Crippen LogP contribution in [0.1, 0.15) is 412 Å². The van der Waals surface area contributed by atoms with Crippen LogP contribution in [0.4, 0.5) is 0 Å². The van der Waals surface area contributed by atoms with E-state index < -0.39 is 12.1 Å². The highest BCUT2D eigenvalue weighted by Gasteiger charge is 2.20. The Balaban J connectivity index is 3.38. The topological polar surface area (TPSA) is 95.9 Å². The number of allylic oxidation sites excluding steroid dienone is 2. The van der Waals surface area contributed by atoms with Gasteiger partial charge in [0.1, 0.15) is 0 Å². The van der Waals surface area contributed by atoms with Crippen LogP contribution in [0.3, 0.4) is 0 Å². The van der Waals surface area contributed by atoms with Gasteiger partial charge < -0.3 is 20.3 Å². The molecule has 78 heavy (non-hydrogen) atoms. The van der Waals surface area contributed by atoms with Crippen molar-refractivity contribution in [2.45, 2.75) is 424 Å². The molecule has 0 aliphatic heterocycles. The number of esters is 1. The minimum Gasteiger partial charge on any atom is -0.466 e. The van der Waals surface area contributed by atoms with Crippen LogP contribution in [0.5, 0.6) is 0 Å². The lowest BCUT2D eigenvalue weighted by atomic mass is 10.0. The lowest BCUT2D eigenvalue weighted by Crippen LogP contribution is -2.45. The number of nitrogens with one attached hydrogen (secondary N) is 1. The van der Waals surface area contributed by atoms with E-state index in [0.717, 1.165) is 38.5 Å².